The maximum absolute atomic E-state index is 8.42. The maximum Gasteiger partial charge on any atom is 0.180 e. The molecule has 3 nitrogen and oxygen atoms in total. The Bertz CT molecular complexity index is 154. The third kappa shape index (κ3) is 0.948. The lowest BCUT2D eigenvalue weighted by Gasteiger charge is -2.08. The number of nitrogens with zero attached hydrogens (tertiary/aromatic N) is 3. The van der Waals surface area contributed by atoms with E-state index in [0.29, 0.717) is 0 Å². The van der Waals surface area contributed by atoms with Gasteiger partial charge in [-0.3, -0.25) is 4.90 Å². The van der Waals surface area contributed by atoms with Gasteiger partial charge in [-0.1, -0.05) is 0 Å². The fraction of sp³-hybridized carbons (Fsp3) is 0.667. The zero-order valence-electron chi connectivity index (χ0n) is 5.04. The van der Waals surface area contributed by atoms with Crippen LogP contribution in [0.25, 0.3) is 0 Å². The quantitative estimate of drug-likeness (QED) is 0.437. The molecule has 0 bridgehead atoms. The summed E-state index contributed by atoms with van der Waals surface area (Å²) < 4.78 is 0. The second kappa shape index (κ2) is 2.37. The first-order valence-electron chi connectivity index (χ1n) is 2.94. The Morgan fingerprint density at radius 2 is 2.22 bits per heavy atom. The van der Waals surface area contributed by atoms with Crippen LogP contribution in [-0.2, 0) is 0 Å². The van der Waals surface area contributed by atoms with Gasteiger partial charge in [0.25, 0.3) is 0 Å². The van der Waals surface area contributed by atoms with Gasteiger partial charge in [0.1, 0.15) is 6.04 Å². The molecule has 1 unspecified atom stereocenters. The highest BCUT2D eigenvalue weighted by atomic mass is 15.2. The van der Waals surface area contributed by atoms with E-state index in [1.54, 1.807) is 0 Å². The molecule has 0 amide bonds. The molecule has 0 aromatic carbocycles. The molecule has 0 saturated carbocycles. The Hall–Kier alpha value is -1.22. The van der Waals surface area contributed by atoms with Gasteiger partial charge in [0, 0.05) is 6.54 Å². The highest BCUT2D eigenvalue weighted by Gasteiger charge is 2.21. The van der Waals surface area contributed by atoms with Crippen molar-refractivity contribution in [3.8, 4) is 12.3 Å². The molecule has 1 heterocycles. The number of likely N-dealkylation sites (tertiary alicyclic amines) is 1. The van der Waals surface area contributed by atoms with Crippen molar-refractivity contribution in [1.82, 2.24) is 4.90 Å². The average Bonchev–Trinajstić information content (AvgIpc) is 2.33. The molecule has 1 rings (SSSR count). The van der Waals surface area contributed by atoms with Crippen molar-refractivity contribution in [2.24, 2.45) is 0 Å². The van der Waals surface area contributed by atoms with E-state index in [1.807, 2.05) is 6.19 Å². The molecule has 0 aromatic rings. The Morgan fingerprint density at radius 3 is 2.67 bits per heavy atom. The lowest BCUT2D eigenvalue weighted by molar-refractivity contribution is 0.426. The fourth-order valence-electron chi connectivity index (χ4n) is 1.02. The van der Waals surface area contributed by atoms with E-state index in [-0.39, 0.29) is 6.04 Å². The fourth-order valence-corrected chi connectivity index (χ4v) is 1.02. The van der Waals surface area contributed by atoms with E-state index in [4.69, 9.17) is 10.5 Å². The largest absolute Gasteiger partial charge is 0.294 e. The summed E-state index contributed by atoms with van der Waals surface area (Å²) >= 11 is 0. The molecule has 0 spiro atoms. The topological polar surface area (TPSA) is 50.8 Å². The van der Waals surface area contributed by atoms with Crippen molar-refractivity contribution in [1.29, 1.82) is 10.5 Å². The average molecular weight is 121 g/mol. The molecule has 3 heteroatoms. The van der Waals surface area contributed by atoms with E-state index < -0.39 is 0 Å². The van der Waals surface area contributed by atoms with Crippen molar-refractivity contribution in [2.75, 3.05) is 6.54 Å². The van der Waals surface area contributed by atoms with E-state index >= 15 is 0 Å². The Labute approximate surface area is 54.1 Å². The molecule has 0 N–H and O–H groups in total. The SMILES string of the molecule is N#CC1CCCN1C#N. The van der Waals surface area contributed by atoms with Crippen molar-refractivity contribution in [2.45, 2.75) is 18.9 Å². The van der Waals surface area contributed by atoms with Crippen LogP contribution in [0.15, 0.2) is 0 Å². The summed E-state index contributed by atoms with van der Waals surface area (Å²) in [5, 5.41) is 16.8. The van der Waals surface area contributed by atoms with Gasteiger partial charge >= 0.3 is 0 Å². The van der Waals surface area contributed by atoms with Crippen molar-refractivity contribution in [3.63, 3.8) is 0 Å². The summed E-state index contributed by atoms with van der Waals surface area (Å²) in [6, 6.07) is 1.92. The monoisotopic (exact) mass is 121 g/mol. The van der Waals surface area contributed by atoms with Crippen LogP contribution in [0.2, 0.25) is 0 Å². The molecule has 1 aliphatic heterocycles. The third-order valence-corrected chi connectivity index (χ3v) is 1.53. The molecule has 1 saturated heterocycles. The predicted molar refractivity (Wildman–Crippen MR) is 31.0 cm³/mol. The Kier molecular flexibility index (Phi) is 1.55. The minimum Gasteiger partial charge on any atom is -0.294 e. The molecule has 46 valence electrons. The normalized spacial score (nSPS) is 25.1. The van der Waals surface area contributed by atoms with Crippen LogP contribution in [0.4, 0.5) is 0 Å². The van der Waals surface area contributed by atoms with Crippen LogP contribution in [0.3, 0.4) is 0 Å². The minimum atomic E-state index is -0.144. The number of hydrogen-bond donors (Lipinski definition) is 0. The van der Waals surface area contributed by atoms with Crippen LogP contribution in [0, 0.1) is 22.8 Å². The number of nitriles is 2. The lowest BCUT2D eigenvalue weighted by Crippen LogP contribution is -2.21. The number of hydrogen-bond acceptors (Lipinski definition) is 3. The summed E-state index contributed by atoms with van der Waals surface area (Å²) in [6.45, 7) is 0.759. The zero-order valence-corrected chi connectivity index (χ0v) is 5.04. The van der Waals surface area contributed by atoms with E-state index in [0.717, 1.165) is 19.4 Å². The standard InChI is InChI=1S/C6H7N3/c7-4-6-2-1-3-9(6)5-8/h6H,1-3H2. The first kappa shape index (κ1) is 5.91. The number of rotatable bonds is 0. The summed E-state index contributed by atoms with van der Waals surface area (Å²) in [5.74, 6) is 0. The highest BCUT2D eigenvalue weighted by Crippen LogP contribution is 2.13. The van der Waals surface area contributed by atoms with Crippen LogP contribution >= 0.6 is 0 Å². The Morgan fingerprint density at radius 1 is 1.44 bits per heavy atom. The lowest BCUT2D eigenvalue weighted by atomic mass is 10.2. The molecular weight excluding hydrogens is 114 g/mol. The summed E-state index contributed by atoms with van der Waals surface area (Å²) in [7, 11) is 0. The summed E-state index contributed by atoms with van der Waals surface area (Å²) in [6.07, 6.45) is 3.80. The van der Waals surface area contributed by atoms with Crippen LogP contribution in [0.1, 0.15) is 12.8 Å². The van der Waals surface area contributed by atoms with Crippen LogP contribution < -0.4 is 0 Å². The maximum atomic E-state index is 8.42. The van der Waals surface area contributed by atoms with E-state index in [1.165, 1.54) is 4.90 Å². The van der Waals surface area contributed by atoms with E-state index in [2.05, 4.69) is 6.07 Å². The highest BCUT2D eigenvalue weighted by molar-refractivity contribution is 5.00. The van der Waals surface area contributed by atoms with Gasteiger partial charge in [-0.25, -0.2) is 0 Å². The van der Waals surface area contributed by atoms with Gasteiger partial charge in [-0.15, -0.1) is 0 Å². The van der Waals surface area contributed by atoms with Crippen molar-refractivity contribution >= 4 is 0 Å². The molecular formula is C6H7N3. The smallest absolute Gasteiger partial charge is 0.180 e. The van der Waals surface area contributed by atoms with Crippen LogP contribution in [-0.4, -0.2) is 17.5 Å². The first-order chi connectivity index (χ1) is 4.38. The van der Waals surface area contributed by atoms with Gasteiger partial charge < -0.3 is 0 Å². The second-order valence-electron chi connectivity index (χ2n) is 2.08. The van der Waals surface area contributed by atoms with Gasteiger partial charge in [0.15, 0.2) is 6.19 Å². The molecule has 1 fully saturated rings. The molecule has 1 atom stereocenters. The van der Waals surface area contributed by atoms with Crippen molar-refractivity contribution in [3.05, 3.63) is 0 Å². The van der Waals surface area contributed by atoms with Gasteiger partial charge in [-0.05, 0) is 12.8 Å². The van der Waals surface area contributed by atoms with Gasteiger partial charge in [0.05, 0.1) is 6.07 Å². The second-order valence-corrected chi connectivity index (χ2v) is 2.08. The molecule has 1 aliphatic rings. The summed E-state index contributed by atoms with van der Waals surface area (Å²) in [5.41, 5.74) is 0. The minimum absolute atomic E-state index is 0.144. The zero-order chi connectivity index (χ0) is 6.69. The van der Waals surface area contributed by atoms with Gasteiger partial charge in [-0.2, -0.15) is 10.5 Å². The first-order valence-corrected chi connectivity index (χ1v) is 2.94. The third-order valence-electron chi connectivity index (χ3n) is 1.53. The van der Waals surface area contributed by atoms with Crippen molar-refractivity contribution < 1.29 is 0 Å². The van der Waals surface area contributed by atoms with E-state index in [9.17, 15) is 0 Å². The molecule has 0 aromatic heterocycles. The Balaban J connectivity index is 2.57. The molecule has 0 aliphatic carbocycles. The molecule has 0 radical (unpaired) electrons. The summed E-state index contributed by atoms with van der Waals surface area (Å²) in [4.78, 5) is 1.53. The predicted octanol–water partition coefficient (Wildman–Crippen LogP) is 0.455. The van der Waals surface area contributed by atoms with Gasteiger partial charge in [0.2, 0.25) is 0 Å². The van der Waals surface area contributed by atoms with Crippen LogP contribution in [0.5, 0.6) is 0 Å². The molecule has 9 heavy (non-hydrogen) atoms.